The molecule has 3 heterocycles. The smallest absolute Gasteiger partial charge is 0.410 e. The topological polar surface area (TPSA) is 181 Å². The van der Waals surface area contributed by atoms with Gasteiger partial charge in [0.05, 0.1) is 18.8 Å². The predicted octanol–water partition coefficient (Wildman–Crippen LogP) is 5.02. The lowest BCUT2D eigenvalue weighted by Crippen LogP contribution is -2.58. The van der Waals surface area contributed by atoms with Gasteiger partial charge in [-0.05, 0) is 82.6 Å². The number of benzene rings is 2. The van der Waals surface area contributed by atoms with Crippen molar-refractivity contribution in [2.75, 3.05) is 6.54 Å². The fourth-order valence-corrected chi connectivity index (χ4v) is 9.43. The summed E-state index contributed by atoms with van der Waals surface area (Å²) in [7, 11) is -4.18. The second-order valence-corrected chi connectivity index (χ2v) is 18.7. The molecule has 1 saturated carbocycles. The van der Waals surface area contributed by atoms with Crippen molar-refractivity contribution in [3.05, 3.63) is 70.0 Å². The second-order valence-electron chi connectivity index (χ2n) is 17.0. The summed E-state index contributed by atoms with van der Waals surface area (Å²) < 4.78 is 54.9. The number of hydrogen-bond donors (Lipinski definition) is 3. The van der Waals surface area contributed by atoms with Crippen LogP contribution in [0.25, 0.3) is 0 Å². The van der Waals surface area contributed by atoms with Gasteiger partial charge in [0.2, 0.25) is 21.8 Å². The summed E-state index contributed by atoms with van der Waals surface area (Å²) in [5.74, 6) is -3.37. The van der Waals surface area contributed by atoms with Gasteiger partial charge in [0.25, 0.3) is 5.91 Å². The van der Waals surface area contributed by atoms with Gasteiger partial charge in [-0.25, -0.2) is 22.4 Å². The molecule has 16 heteroatoms. The first-order valence-corrected chi connectivity index (χ1v) is 21.4. The Bertz CT molecular complexity index is 2020. The highest BCUT2D eigenvalue weighted by atomic mass is 32.2. The Morgan fingerprint density at radius 1 is 1.00 bits per heavy atom. The summed E-state index contributed by atoms with van der Waals surface area (Å²) in [5.41, 5.74) is 0.815. The van der Waals surface area contributed by atoms with Crippen LogP contribution in [0.3, 0.4) is 0 Å². The van der Waals surface area contributed by atoms with Gasteiger partial charge < -0.3 is 25.0 Å². The van der Waals surface area contributed by atoms with Crippen LogP contribution < -0.4 is 15.4 Å². The van der Waals surface area contributed by atoms with Crippen molar-refractivity contribution in [1.29, 1.82) is 0 Å². The number of halogens is 1. The molecular weight excluding hydrogens is 758 g/mol. The molecule has 6 rings (SSSR count). The SMILES string of the molecule is Cc1ccc(C)c(CS(=O)(=O)NC(=O)[C@@]23C[C@@H]2CCCCCCC[C@H](NC(=O)OC(C)(C)C)C(=O)N2C[C@H](OC(=O)N4Cc5cccc(F)c5C4)C[C@H]2C(=O)N3)c1. The molecule has 0 unspecified atom stereocenters. The number of aryl methyl sites for hydroxylation is 2. The molecule has 14 nitrogen and oxygen atoms in total. The highest BCUT2D eigenvalue weighted by Crippen LogP contribution is 2.48. The highest BCUT2D eigenvalue weighted by molar-refractivity contribution is 7.89. The number of hydrogen-bond acceptors (Lipinski definition) is 9. The van der Waals surface area contributed by atoms with Crippen LogP contribution >= 0.6 is 0 Å². The summed E-state index contributed by atoms with van der Waals surface area (Å²) in [6.45, 7) is 8.65. The van der Waals surface area contributed by atoms with E-state index in [2.05, 4.69) is 15.4 Å². The highest BCUT2D eigenvalue weighted by Gasteiger charge is 2.62. The molecule has 5 atom stereocenters. The number of ether oxygens (including phenoxy) is 2. The molecule has 3 aliphatic heterocycles. The molecule has 310 valence electrons. The zero-order valence-corrected chi connectivity index (χ0v) is 34.1. The molecule has 3 fully saturated rings. The molecule has 2 saturated heterocycles. The number of amides is 5. The average Bonchev–Trinajstić information content (AvgIpc) is 3.40. The van der Waals surface area contributed by atoms with Crippen LogP contribution in [0.15, 0.2) is 36.4 Å². The molecule has 57 heavy (non-hydrogen) atoms. The summed E-state index contributed by atoms with van der Waals surface area (Å²) in [6.07, 6.45) is 2.11. The van der Waals surface area contributed by atoms with E-state index in [1.165, 1.54) is 15.9 Å². The Hall–Kier alpha value is -4.73. The predicted molar refractivity (Wildman–Crippen MR) is 207 cm³/mol. The number of sulfonamides is 1. The summed E-state index contributed by atoms with van der Waals surface area (Å²) in [5, 5.41) is 5.55. The number of alkyl carbamates (subject to hydrolysis) is 1. The van der Waals surface area contributed by atoms with Crippen LogP contribution in [0.4, 0.5) is 14.0 Å². The van der Waals surface area contributed by atoms with Crippen molar-refractivity contribution in [1.82, 2.24) is 25.2 Å². The molecule has 5 amide bonds. The van der Waals surface area contributed by atoms with Crippen molar-refractivity contribution in [3.63, 3.8) is 0 Å². The Morgan fingerprint density at radius 2 is 1.72 bits per heavy atom. The molecular formula is C41H54FN5O9S. The molecule has 0 bridgehead atoms. The largest absolute Gasteiger partial charge is 0.444 e. The zero-order chi connectivity index (χ0) is 41.3. The number of carbonyl (C=O) groups excluding carboxylic acids is 5. The fourth-order valence-electron chi connectivity index (χ4n) is 8.18. The second kappa shape index (κ2) is 16.6. The van der Waals surface area contributed by atoms with Gasteiger partial charge in [-0.3, -0.25) is 24.0 Å². The Kier molecular flexibility index (Phi) is 12.2. The first-order chi connectivity index (χ1) is 26.8. The average molecular weight is 812 g/mol. The number of fused-ring (bicyclic) bond motifs is 3. The molecule has 0 aromatic heterocycles. The molecule has 3 N–H and O–H groups in total. The van der Waals surface area contributed by atoms with E-state index in [0.717, 1.165) is 36.8 Å². The van der Waals surface area contributed by atoms with Crippen LogP contribution in [0.2, 0.25) is 0 Å². The third-order valence-electron chi connectivity index (χ3n) is 11.3. The zero-order valence-electron chi connectivity index (χ0n) is 33.3. The number of carbonyl (C=O) groups is 5. The number of rotatable bonds is 6. The van der Waals surface area contributed by atoms with E-state index in [4.69, 9.17) is 9.47 Å². The van der Waals surface area contributed by atoms with E-state index in [-0.39, 0.29) is 44.8 Å². The first-order valence-electron chi connectivity index (χ1n) is 19.8. The van der Waals surface area contributed by atoms with Gasteiger partial charge in [0.15, 0.2) is 0 Å². The maximum absolute atomic E-state index is 14.5. The minimum absolute atomic E-state index is 0.00657. The monoisotopic (exact) mass is 811 g/mol. The lowest BCUT2D eigenvalue weighted by atomic mass is 10.0. The minimum atomic E-state index is -4.18. The van der Waals surface area contributed by atoms with E-state index >= 15 is 0 Å². The molecule has 2 aromatic carbocycles. The molecule has 0 radical (unpaired) electrons. The van der Waals surface area contributed by atoms with Gasteiger partial charge in [0, 0.05) is 18.5 Å². The summed E-state index contributed by atoms with van der Waals surface area (Å²) in [4.78, 5) is 71.9. The molecule has 4 aliphatic rings. The Labute approximate surface area is 333 Å². The third kappa shape index (κ3) is 10.1. The van der Waals surface area contributed by atoms with Crippen LogP contribution in [0.5, 0.6) is 0 Å². The Balaban J connectivity index is 1.25. The van der Waals surface area contributed by atoms with E-state index < -0.39 is 80.8 Å². The van der Waals surface area contributed by atoms with Crippen LogP contribution in [0.1, 0.15) is 106 Å². The summed E-state index contributed by atoms with van der Waals surface area (Å²) >= 11 is 0. The van der Waals surface area contributed by atoms with Crippen LogP contribution in [-0.2, 0) is 52.7 Å². The van der Waals surface area contributed by atoms with Crippen molar-refractivity contribution < 1.29 is 46.3 Å². The lowest BCUT2D eigenvalue weighted by Gasteiger charge is -2.30. The normalized spacial score (nSPS) is 25.5. The first kappa shape index (κ1) is 41.9. The molecule has 2 aromatic rings. The quantitative estimate of drug-likeness (QED) is 0.361. The fraction of sp³-hybridized carbons (Fsp3) is 0.585. The van der Waals surface area contributed by atoms with E-state index in [1.807, 2.05) is 19.1 Å². The van der Waals surface area contributed by atoms with E-state index in [0.29, 0.717) is 29.5 Å². The lowest BCUT2D eigenvalue weighted by molar-refractivity contribution is -0.141. The van der Waals surface area contributed by atoms with Crippen molar-refractivity contribution >= 4 is 39.9 Å². The van der Waals surface area contributed by atoms with E-state index in [1.54, 1.807) is 45.9 Å². The van der Waals surface area contributed by atoms with Gasteiger partial charge in [-0.2, -0.15) is 0 Å². The Morgan fingerprint density at radius 3 is 2.44 bits per heavy atom. The van der Waals surface area contributed by atoms with Gasteiger partial charge in [0.1, 0.15) is 35.1 Å². The maximum Gasteiger partial charge on any atom is 0.410 e. The summed E-state index contributed by atoms with van der Waals surface area (Å²) in [6, 6.07) is 7.73. The minimum Gasteiger partial charge on any atom is -0.444 e. The van der Waals surface area contributed by atoms with Gasteiger partial charge >= 0.3 is 12.2 Å². The van der Waals surface area contributed by atoms with Crippen LogP contribution in [0, 0.1) is 25.6 Å². The van der Waals surface area contributed by atoms with Crippen molar-refractivity contribution in [3.8, 4) is 0 Å². The van der Waals surface area contributed by atoms with Gasteiger partial charge in [-0.1, -0.05) is 68.0 Å². The third-order valence-corrected chi connectivity index (χ3v) is 12.5. The van der Waals surface area contributed by atoms with Crippen LogP contribution in [-0.4, -0.2) is 84.0 Å². The molecule has 0 spiro atoms. The maximum atomic E-state index is 14.5. The van der Waals surface area contributed by atoms with Gasteiger partial charge in [-0.15, -0.1) is 0 Å². The van der Waals surface area contributed by atoms with Crippen molar-refractivity contribution in [2.45, 2.75) is 141 Å². The standard InChI is InChI=1S/C41H54FN5O9S/c1-25-16-17-26(2)28(18-25)24-57(53,54)45-37(50)41-20-29(41)13-9-7-6-8-10-15-33(43-38(51)56-40(3,4)5)36(49)47-22-30(19-34(47)35(48)44-41)55-39(52)46-21-27-12-11-14-32(42)31(27)23-46/h11-12,14,16-18,29-30,33-34H,6-10,13,15,19-24H2,1-5H3,(H,43,51)(H,44,48)(H,45,50)/t29-,30+,33-,34-,41+/m0/s1. The number of nitrogens with zero attached hydrogens (tertiary/aromatic N) is 2. The number of nitrogens with one attached hydrogen (secondary N) is 3. The van der Waals surface area contributed by atoms with E-state index in [9.17, 15) is 36.8 Å². The molecule has 1 aliphatic carbocycles. The van der Waals surface area contributed by atoms with Crippen molar-refractivity contribution in [2.24, 2.45) is 5.92 Å².